The Morgan fingerprint density at radius 3 is 1.96 bits per heavy atom. The van der Waals surface area contributed by atoms with Crippen LogP contribution < -0.4 is 4.72 Å². The van der Waals surface area contributed by atoms with Crippen LogP contribution in [-0.4, -0.2) is 8.42 Å². The van der Waals surface area contributed by atoms with Gasteiger partial charge in [0, 0.05) is 5.69 Å². The van der Waals surface area contributed by atoms with Gasteiger partial charge in [-0.2, -0.15) is 0 Å². The number of benzene rings is 3. The van der Waals surface area contributed by atoms with Crippen LogP contribution in [0.3, 0.4) is 0 Å². The molecule has 0 amide bonds. The van der Waals surface area contributed by atoms with Gasteiger partial charge < -0.3 is 0 Å². The Balaban J connectivity index is 1.77. The lowest BCUT2D eigenvalue weighted by atomic mass is 9.99. The van der Waals surface area contributed by atoms with E-state index in [1.165, 1.54) is 0 Å². The third-order valence-corrected chi connectivity index (χ3v) is 6.01. The number of anilines is 1. The molecule has 0 saturated heterocycles. The Labute approximate surface area is 155 Å². The first-order valence-electron chi connectivity index (χ1n) is 8.78. The third kappa shape index (κ3) is 4.14. The van der Waals surface area contributed by atoms with Gasteiger partial charge in [0.25, 0.3) is 10.0 Å². The van der Waals surface area contributed by atoms with E-state index < -0.39 is 10.0 Å². The summed E-state index contributed by atoms with van der Waals surface area (Å²) in [5.41, 5.74) is 3.85. The second-order valence-electron chi connectivity index (χ2n) is 6.43. The normalized spacial score (nSPS) is 12.5. The molecule has 134 valence electrons. The molecule has 0 aliphatic rings. The molecule has 26 heavy (non-hydrogen) atoms. The topological polar surface area (TPSA) is 46.2 Å². The number of nitrogens with one attached hydrogen (secondary N) is 1. The van der Waals surface area contributed by atoms with Crippen molar-refractivity contribution in [3.8, 4) is 11.1 Å². The molecule has 0 radical (unpaired) electrons. The van der Waals surface area contributed by atoms with E-state index in [-0.39, 0.29) is 4.90 Å². The highest BCUT2D eigenvalue weighted by atomic mass is 32.2. The van der Waals surface area contributed by atoms with E-state index in [2.05, 4.69) is 18.6 Å². The zero-order chi connectivity index (χ0) is 18.6. The van der Waals surface area contributed by atoms with Gasteiger partial charge in [0.1, 0.15) is 0 Å². The van der Waals surface area contributed by atoms with Crippen molar-refractivity contribution in [2.24, 2.45) is 0 Å². The molecule has 0 aliphatic heterocycles. The molecule has 3 nitrogen and oxygen atoms in total. The van der Waals surface area contributed by atoms with Gasteiger partial charge in [-0.05, 0) is 53.3 Å². The van der Waals surface area contributed by atoms with Crippen LogP contribution in [0.25, 0.3) is 11.1 Å². The first-order valence-corrected chi connectivity index (χ1v) is 10.3. The molecule has 3 rings (SSSR count). The molecule has 1 unspecified atom stereocenters. The second kappa shape index (κ2) is 7.75. The van der Waals surface area contributed by atoms with Crippen molar-refractivity contribution in [3.05, 3.63) is 84.4 Å². The fourth-order valence-electron chi connectivity index (χ4n) is 2.79. The Morgan fingerprint density at radius 1 is 0.808 bits per heavy atom. The maximum atomic E-state index is 12.6. The van der Waals surface area contributed by atoms with E-state index in [0.717, 1.165) is 23.1 Å². The summed E-state index contributed by atoms with van der Waals surface area (Å²) in [5, 5.41) is 0. The van der Waals surface area contributed by atoms with E-state index in [9.17, 15) is 8.42 Å². The average Bonchev–Trinajstić information content (AvgIpc) is 2.68. The summed E-state index contributed by atoms with van der Waals surface area (Å²) < 4.78 is 27.8. The van der Waals surface area contributed by atoms with Gasteiger partial charge in [-0.1, -0.05) is 68.4 Å². The van der Waals surface area contributed by atoms with Crippen LogP contribution in [0.4, 0.5) is 5.69 Å². The first-order chi connectivity index (χ1) is 12.5. The highest BCUT2D eigenvalue weighted by Crippen LogP contribution is 2.24. The van der Waals surface area contributed by atoms with E-state index >= 15 is 0 Å². The molecule has 0 fully saturated rings. The molecule has 4 heteroatoms. The van der Waals surface area contributed by atoms with Gasteiger partial charge in [-0.3, -0.25) is 4.72 Å². The summed E-state index contributed by atoms with van der Waals surface area (Å²) in [6, 6.07) is 24.5. The van der Waals surface area contributed by atoms with Gasteiger partial charge >= 0.3 is 0 Å². The standard InChI is InChI=1S/C22H23NO2S/c1-3-17(2)18-11-15-22(16-12-18)26(24,25)23-21-13-9-20(10-14-21)19-7-5-4-6-8-19/h4-17,23H,3H2,1-2H3. The Bertz CT molecular complexity index is 947. The van der Waals surface area contributed by atoms with Crippen LogP contribution in [0.1, 0.15) is 31.7 Å². The van der Waals surface area contributed by atoms with Crippen LogP contribution in [0.2, 0.25) is 0 Å². The van der Waals surface area contributed by atoms with Crippen molar-refractivity contribution in [1.29, 1.82) is 0 Å². The molecule has 0 saturated carbocycles. The minimum absolute atomic E-state index is 0.275. The number of sulfonamides is 1. The van der Waals surface area contributed by atoms with Crippen LogP contribution in [0.15, 0.2) is 83.8 Å². The minimum Gasteiger partial charge on any atom is -0.280 e. The molecule has 3 aromatic rings. The monoisotopic (exact) mass is 365 g/mol. The molecule has 0 bridgehead atoms. The van der Waals surface area contributed by atoms with Gasteiger partial charge in [-0.15, -0.1) is 0 Å². The van der Waals surface area contributed by atoms with E-state index in [1.54, 1.807) is 24.3 Å². The van der Waals surface area contributed by atoms with Gasteiger partial charge in [0.05, 0.1) is 4.90 Å². The summed E-state index contributed by atoms with van der Waals surface area (Å²) in [7, 11) is -3.59. The number of hydrogen-bond acceptors (Lipinski definition) is 2. The average molecular weight is 365 g/mol. The highest BCUT2D eigenvalue weighted by molar-refractivity contribution is 7.92. The van der Waals surface area contributed by atoms with Gasteiger partial charge in [0.2, 0.25) is 0 Å². The molecule has 0 aromatic heterocycles. The molecule has 3 aromatic carbocycles. The van der Waals surface area contributed by atoms with Gasteiger partial charge in [-0.25, -0.2) is 8.42 Å². The lowest BCUT2D eigenvalue weighted by Crippen LogP contribution is -2.13. The summed E-state index contributed by atoms with van der Waals surface area (Å²) >= 11 is 0. The SMILES string of the molecule is CCC(C)c1ccc(S(=O)(=O)Nc2ccc(-c3ccccc3)cc2)cc1. The quantitative estimate of drug-likeness (QED) is 0.612. The zero-order valence-corrected chi connectivity index (χ0v) is 15.8. The molecular formula is C22H23NO2S. The lowest BCUT2D eigenvalue weighted by molar-refractivity contribution is 0.601. The fourth-order valence-corrected chi connectivity index (χ4v) is 3.85. The molecule has 0 spiro atoms. The van der Waals surface area contributed by atoms with Crippen molar-refractivity contribution in [2.75, 3.05) is 4.72 Å². The smallest absolute Gasteiger partial charge is 0.261 e. The molecule has 0 heterocycles. The van der Waals surface area contributed by atoms with Crippen LogP contribution in [0.5, 0.6) is 0 Å². The third-order valence-electron chi connectivity index (χ3n) is 4.62. The summed E-state index contributed by atoms with van der Waals surface area (Å²) in [5.74, 6) is 0.422. The summed E-state index contributed by atoms with van der Waals surface area (Å²) in [6.45, 7) is 4.26. The fraction of sp³-hybridized carbons (Fsp3) is 0.182. The predicted molar refractivity (Wildman–Crippen MR) is 108 cm³/mol. The minimum atomic E-state index is -3.59. The first kappa shape index (κ1) is 18.2. The van der Waals surface area contributed by atoms with Gasteiger partial charge in [0.15, 0.2) is 0 Å². The maximum absolute atomic E-state index is 12.6. The Morgan fingerprint density at radius 2 is 1.38 bits per heavy atom. The summed E-state index contributed by atoms with van der Waals surface area (Å²) in [6.07, 6.45) is 1.03. The maximum Gasteiger partial charge on any atom is 0.261 e. The molecular weight excluding hydrogens is 342 g/mol. The van der Waals surface area contributed by atoms with Crippen LogP contribution in [-0.2, 0) is 10.0 Å². The van der Waals surface area contributed by atoms with Crippen molar-refractivity contribution >= 4 is 15.7 Å². The van der Waals surface area contributed by atoms with E-state index in [1.807, 2.05) is 54.6 Å². The zero-order valence-electron chi connectivity index (χ0n) is 15.0. The van der Waals surface area contributed by atoms with E-state index in [4.69, 9.17) is 0 Å². The van der Waals surface area contributed by atoms with Crippen molar-refractivity contribution in [1.82, 2.24) is 0 Å². The summed E-state index contributed by atoms with van der Waals surface area (Å²) in [4.78, 5) is 0.275. The van der Waals surface area contributed by atoms with Crippen LogP contribution in [0, 0.1) is 0 Å². The lowest BCUT2D eigenvalue weighted by Gasteiger charge is -2.12. The van der Waals surface area contributed by atoms with E-state index in [0.29, 0.717) is 11.6 Å². The Hall–Kier alpha value is -2.59. The second-order valence-corrected chi connectivity index (χ2v) is 8.11. The van der Waals surface area contributed by atoms with Crippen molar-refractivity contribution < 1.29 is 8.42 Å². The van der Waals surface area contributed by atoms with Crippen molar-refractivity contribution in [3.63, 3.8) is 0 Å². The number of hydrogen-bond donors (Lipinski definition) is 1. The molecule has 1 atom stereocenters. The van der Waals surface area contributed by atoms with Crippen LogP contribution >= 0.6 is 0 Å². The highest BCUT2D eigenvalue weighted by Gasteiger charge is 2.15. The molecule has 1 N–H and O–H groups in total. The molecule has 0 aliphatic carbocycles. The largest absolute Gasteiger partial charge is 0.280 e. The van der Waals surface area contributed by atoms with Crippen molar-refractivity contribution in [2.45, 2.75) is 31.1 Å². The number of rotatable bonds is 6. The predicted octanol–water partition coefficient (Wildman–Crippen LogP) is 5.67. The Kier molecular flexibility index (Phi) is 5.43.